The van der Waals surface area contributed by atoms with E-state index in [1.807, 2.05) is 37.3 Å². The lowest BCUT2D eigenvalue weighted by Crippen LogP contribution is -2.69. The first kappa shape index (κ1) is 21.0. The zero-order chi connectivity index (χ0) is 21.4. The van der Waals surface area contributed by atoms with Crippen LogP contribution in [0.5, 0.6) is 0 Å². The summed E-state index contributed by atoms with van der Waals surface area (Å²) in [6.07, 6.45) is 1.99. The van der Waals surface area contributed by atoms with Gasteiger partial charge in [-0.15, -0.1) is 0 Å². The first-order valence-corrected chi connectivity index (χ1v) is 12.0. The van der Waals surface area contributed by atoms with E-state index in [-0.39, 0.29) is 17.4 Å². The van der Waals surface area contributed by atoms with E-state index in [2.05, 4.69) is 10.2 Å². The quantitative estimate of drug-likeness (QED) is 0.704. The van der Waals surface area contributed by atoms with Crippen molar-refractivity contribution in [3.05, 3.63) is 65.7 Å². The molecule has 0 aliphatic carbocycles. The van der Waals surface area contributed by atoms with Gasteiger partial charge in [0.25, 0.3) is 5.91 Å². The number of fused-ring (bicyclic) bond motifs is 3. The highest BCUT2D eigenvalue weighted by Gasteiger charge is 2.53. The lowest BCUT2D eigenvalue weighted by molar-refractivity contribution is -0.122. The van der Waals surface area contributed by atoms with Crippen LogP contribution in [-0.2, 0) is 21.1 Å². The van der Waals surface area contributed by atoms with Crippen LogP contribution in [0.3, 0.4) is 0 Å². The molecule has 0 radical (unpaired) electrons. The molecule has 30 heavy (non-hydrogen) atoms. The second-order valence-electron chi connectivity index (χ2n) is 8.56. The standard InChI is InChI=1S/C23H29N3O3S/c1-17-7-9-20(10-8-17)30(28,29)23(22(24)27,15-18-5-3-2-4-6-18)25-21-16-26-13-11-19(21)12-14-26/h2-10,19,21,25H,11-16H2,1H3,(H2,24,27)/t21-,23+/m1/s1. The fourth-order valence-electron chi connectivity index (χ4n) is 4.74. The van der Waals surface area contributed by atoms with Crippen LogP contribution in [0.15, 0.2) is 59.5 Å². The summed E-state index contributed by atoms with van der Waals surface area (Å²) >= 11 is 0. The molecular weight excluding hydrogens is 398 g/mol. The molecule has 1 amide bonds. The van der Waals surface area contributed by atoms with Crippen LogP contribution >= 0.6 is 0 Å². The molecule has 6 nitrogen and oxygen atoms in total. The minimum absolute atomic E-state index is 0.0113. The van der Waals surface area contributed by atoms with E-state index in [9.17, 15) is 13.2 Å². The normalized spacial score (nSPS) is 25.6. The smallest absolute Gasteiger partial charge is 0.254 e. The number of hydrogen-bond acceptors (Lipinski definition) is 5. The molecule has 2 aromatic rings. The highest BCUT2D eigenvalue weighted by atomic mass is 32.2. The van der Waals surface area contributed by atoms with E-state index in [0.29, 0.717) is 5.92 Å². The molecule has 7 heteroatoms. The van der Waals surface area contributed by atoms with E-state index in [1.165, 1.54) is 0 Å². The lowest BCUT2D eigenvalue weighted by atomic mass is 9.83. The van der Waals surface area contributed by atoms with Gasteiger partial charge < -0.3 is 10.6 Å². The monoisotopic (exact) mass is 427 g/mol. The van der Waals surface area contributed by atoms with Crippen LogP contribution in [0.25, 0.3) is 0 Å². The van der Waals surface area contributed by atoms with Crippen molar-refractivity contribution < 1.29 is 13.2 Å². The van der Waals surface area contributed by atoms with E-state index in [0.717, 1.165) is 43.6 Å². The number of hydrogen-bond donors (Lipinski definition) is 2. The minimum atomic E-state index is -4.10. The Hall–Kier alpha value is -2.22. The molecule has 5 rings (SSSR count). The first-order valence-electron chi connectivity index (χ1n) is 10.5. The lowest BCUT2D eigenvalue weighted by Gasteiger charge is -2.48. The predicted octanol–water partition coefficient (Wildman–Crippen LogP) is 1.88. The largest absolute Gasteiger partial charge is 0.367 e. The van der Waals surface area contributed by atoms with Gasteiger partial charge in [-0.05, 0) is 56.5 Å². The summed E-state index contributed by atoms with van der Waals surface area (Å²) in [6.45, 7) is 4.68. The molecule has 0 spiro atoms. The van der Waals surface area contributed by atoms with Gasteiger partial charge in [0.15, 0.2) is 0 Å². The van der Waals surface area contributed by atoms with E-state index in [4.69, 9.17) is 5.73 Å². The molecule has 3 aliphatic heterocycles. The Labute approximate surface area is 178 Å². The van der Waals surface area contributed by atoms with Gasteiger partial charge in [-0.25, -0.2) is 8.42 Å². The molecule has 160 valence electrons. The number of carbonyl (C=O) groups is 1. The summed E-state index contributed by atoms with van der Waals surface area (Å²) in [5, 5.41) is 3.30. The summed E-state index contributed by atoms with van der Waals surface area (Å²) in [5.41, 5.74) is 7.60. The van der Waals surface area contributed by atoms with Crippen LogP contribution in [0.4, 0.5) is 0 Å². The molecular formula is C23H29N3O3S. The van der Waals surface area contributed by atoms with E-state index in [1.54, 1.807) is 24.3 Å². The van der Waals surface area contributed by atoms with Crippen LogP contribution in [0.2, 0.25) is 0 Å². The number of nitrogens with zero attached hydrogens (tertiary/aromatic N) is 1. The molecule has 3 fully saturated rings. The summed E-state index contributed by atoms with van der Waals surface area (Å²) < 4.78 is 27.8. The van der Waals surface area contributed by atoms with Crippen molar-refractivity contribution in [3.63, 3.8) is 0 Å². The van der Waals surface area contributed by atoms with Crippen molar-refractivity contribution in [2.24, 2.45) is 11.7 Å². The molecule has 3 saturated heterocycles. The van der Waals surface area contributed by atoms with Crippen LogP contribution in [0.1, 0.15) is 24.0 Å². The number of sulfone groups is 1. The Balaban J connectivity index is 1.79. The van der Waals surface area contributed by atoms with Crippen LogP contribution in [0, 0.1) is 12.8 Å². The topological polar surface area (TPSA) is 92.5 Å². The maximum absolute atomic E-state index is 13.9. The molecule has 3 N–H and O–H groups in total. The Bertz CT molecular complexity index is 1000. The molecule has 0 saturated carbocycles. The maximum Gasteiger partial charge on any atom is 0.254 e. The maximum atomic E-state index is 13.9. The molecule has 2 atom stereocenters. The van der Waals surface area contributed by atoms with Crippen molar-refractivity contribution in [3.8, 4) is 0 Å². The van der Waals surface area contributed by atoms with Gasteiger partial charge in [0.2, 0.25) is 14.7 Å². The fraction of sp³-hybridized carbons (Fsp3) is 0.435. The Morgan fingerprint density at radius 1 is 1.10 bits per heavy atom. The number of amides is 1. The molecule has 2 bridgehead atoms. The van der Waals surface area contributed by atoms with E-state index < -0.39 is 20.6 Å². The van der Waals surface area contributed by atoms with Crippen molar-refractivity contribution in [1.29, 1.82) is 0 Å². The van der Waals surface area contributed by atoms with E-state index >= 15 is 0 Å². The number of piperidine rings is 3. The number of carbonyl (C=O) groups excluding carboxylic acids is 1. The highest BCUT2D eigenvalue weighted by molar-refractivity contribution is 7.93. The average molecular weight is 428 g/mol. The van der Waals surface area contributed by atoms with Crippen LogP contribution in [-0.4, -0.2) is 49.8 Å². The number of aryl methyl sites for hydroxylation is 1. The van der Waals surface area contributed by atoms with Crippen molar-refractivity contribution >= 4 is 15.7 Å². The van der Waals surface area contributed by atoms with Crippen molar-refractivity contribution in [2.75, 3.05) is 19.6 Å². The SMILES string of the molecule is Cc1ccc(S(=O)(=O)[C@](Cc2ccccc2)(N[C@@H]2CN3CCC2CC3)C(N)=O)cc1. The molecule has 3 heterocycles. The zero-order valence-electron chi connectivity index (χ0n) is 17.3. The van der Waals surface area contributed by atoms with Gasteiger partial charge in [-0.1, -0.05) is 48.0 Å². The molecule has 0 aromatic heterocycles. The fourth-order valence-corrected chi connectivity index (χ4v) is 6.57. The zero-order valence-corrected chi connectivity index (χ0v) is 18.1. The third-order valence-corrected chi connectivity index (χ3v) is 8.83. The first-order chi connectivity index (χ1) is 14.3. The predicted molar refractivity (Wildman–Crippen MR) is 117 cm³/mol. The van der Waals surface area contributed by atoms with Gasteiger partial charge in [0, 0.05) is 19.0 Å². The van der Waals surface area contributed by atoms with Crippen molar-refractivity contribution in [1.82, 2.24) is 10.2 Å². The van der Waals surface area contributed by atoms with Gasteiger partial charge in [0.1, 0.15) is 0 Å². The van der Waals surface area contributed by atoms with Crippen LogP contribution < -0.4 is 11.1 Å². The Morgan fingerprint density at radius 3 is 2.27 bits per heavy atom. The average Bonchev–Trinajstić information content (AvgIpc) is 2.75. The second-order valence-corrected chi connectivity index (χ2v) is 10.7. The summed E-state index contributed by atoms with van der Waals surface area (Å²) in [5.74, 6) is -0.513. The summed E-state index contributed by atoms with van der Waals surface area (Å²) in [6, 6.07) is 15.7. The third kappa shape index (κ3) is 3.77. The van der Waals surface area contributed by atoms with Gasteiger partial charge in [-0.3, -0.25) is 10.1 Å². The highest BCUT2D eigenvalue weighted by Crippen LogP contribution is 2.33. The Morgan fingerprint density at radius 2 is 1.73 bits per heavy atom. The summed E-state index contributed by atoms with van der Waals surface area (Å²) in [4.78, 5) is 13.5. The second kappa shape index (κ2) is 8.13. The number of primary amides is 1. The molecule has 2 aromatic carbocycles. The number of benzene rings is 2. The molecule has 0 unspecified atom stereocenters. The third-order valence-electron chi connectivity index (χ3n) is 6.56. The number of nitrogens with one attached hydrogen (secondary N) is 1. The van der Waals surface area contributed by atoms with Gasteiger partial charge in [0.05, 0.1) is 4.90 Å². The minimum Gasteiger partial charge on any atom is -0.367 e. The van der Waals surface area contributed by atoms with Crippen molar-refractivity contribution in [2.45, 2.75) is 42.0 Å². The van der Waals surface area contributed by atoms with Gasteiger partial charge in [-0.2, -0.15) is 0 Å². The van der Waals surface area contributed by atoms with Gasteiger partial charge >= 0.3 is 0 Å². The number of rotatable bonds is 7. The summed E-state index contributed by atoms with van der Waals surface area (Å²) in [7, 11) is -4.10. The number of nitrogens with two attached hydrogens (primary N) is 1. The molecule has 3 aliphatic rings. The Kier molecular flexibility index (Phi) is 5.70.